The Morgan fingerprint density at radius 1 is 1.65 bits per heavy atom. The van der Waals surface area contributed by atoms with Gasteiger partial charge in [-0.25, -0.2) is 4.39 Å². The Morgan fingerprint density at radius 2 is 2.35 bits per heavy atom. The first-order valence-corrected chi connectivity index (χ1v) is 6.21. The zero-order valence-electron chi connectivity index (χ0n) is 9.39. The van der Waals surface area contributed by atoms with Crippen LogP contribution in [0.5, 0.6) is 0 Å². The monoisotopic (exact) mass is 301 g/mol. The van der Waals surface area contributed by atoms with Crippen LogP contribution in [0.1, 0.15) is 24.5 Å². The van der Waals surface area contributed by atoms with Crippen molar-refractivity contribution in [1.29, 1.82) is 5.41 Å². The summed E-state index contributed by atoms with van der Waals surface area (Å²) in [6.07, 6.45) is 0.696. The molecule has 0 saturated heterocycles. The molecule has 0 amide bonds. The number of rotatable bonds is 2. The fourth-order valence-corrected chi connectivity index (χ4v) is 2.54. The van der Waals surface area contributed by atoms with Crippen LogP contribution in [0.3, 0.4) is 0 Å². The van der Waals surface area contributed by atoms with Crippen molar-refractivity contribution < 1.29 is 14.2 Å². The molecule has 2 N–H and O–H groups in total. The standard InChI is InChI=1S/C12H13BrFNO2/c1-2-17-11(15)12(16)6-5-7-8(12)3-4-9(13)10(7)14/h3-4,15-16H,2,5-6H2,1H3. The smallest absolute Gasteiger partial charge is 0.218 e. The lowest BCUT2D eigenvalue weighted by atomic mass is 9.96. The number of hydrogen-bond acceptors (Lipinski definition) is 3. The summed E-state index contributed by atoms with van der Waals surface area (Å²) in [6.45, 7) is 2.06. The molecule has 2 rings (SSSR count). The summed E-state index contributed by atoms with van der Waals surface area (Å²) < 4.78 is 19.3. The molecule has 17 heavy (non-hydrogen) atoms. The summed E-state index contributed by atoms with van der Waals surface area (Å²) in [7, 11) is 0. The molecule has 0 saturated carbocycles. The van der Waals surface area contributed by atoms with Gasteiger partial charge in [0.2, 0.25) is 5.90 Å². The largest absolute Gasteiger partial charge is 0.479 e. The Balaban J connectivity index is 2.47. The van der Waals surface area contributed by atoms with E-state index < -0.39 is 5.60 Å². The van der Waals surface area contributed by atoms with Crippen LogP contribution in [0.25, 0.3) is 0 Å². The second kappa shape index (κ2) is 4.38. The van der Waals surface area contributed by atoms with E-state index in [1.54, 1.807) is 19.1 Å². The maximum Gasteiger partial charge on any atom is 0.218 e. The molecule has 0 bridgehead atoms. The van der Waals surface area contributed by atoms with Gasteiger partial charge in [0.05, 0.1) is 11.1 Å². The zero-order valence-corrected chi connectivity index (χ0v) is 11.0. The number of ether oxygens (including phenoxy) is 1. The summed E-state index contributed by atoms with van der Waals surface area (Å²) >= 11 is 3.11. The molecule has 3 nitrogen and oxygen atoms in total. The summed E-state index contributed by atoms with van der Waals surface area (Å²) in [5.41, 5.74) is -0.574. The third kappa shape index (κ3) is 1.87. The van der Waals surface area contributed by atoms with Crippen LogP contribution in [0.2, 0.25) is 0 Å². The molecule has 0 aliphatic heterocycles. The van der Waals surface area contributed by atoms with E-state index in [0.29, 0.717) is 28.6 Å². The summed E-state index contributed by atoms with van der Waals surface area (Å²) in [6, 6.07) is 3.19. The molecule has 1 aliphatic carbocycles. The molecule has 0 spiro atoms. The van der Waals surface area contributed by atoms with Crippen LogP contribution in [-0.4, -0.2) is 17.6 Å². The molecule has 1 aliphatic rings. The summed E-state index contributed by atoms with van der Waals surface area (Å²) in [5.74, 6) is -0.566. The molecule has 0 heterocycles. The lowest BCUT2D eigenvalue weighted by Gasteiger charge is -2.24. The molecule has 0 aromatic heterocycles. The third-order valence-corrected chi connectivity index (χ3v) is 3.66. The van der Waals surface area contributed by atoms with Crippen LogP contribution >= 0.6 is 15.9 Å². The number of aliphatic hydroxyl groups is 1. The number of halogens is 2. The van der Waals surface area contributed by atoms with Crippen LogP contribution in [0, 0.1) is 11.2 Å². The number of nitrogens with one attached hydrogen (secondary N) is 1. The highest BCUT2D eigenvalue weighted by atomic mass is 79.9. The predicted octanol–water partition coefficient (Wildman–Crippen LogP) is 2.74. The van der Waals surface area contributed by atoms with Crippen molar-refractivity contribution in [3.63, 3.8) is 0 Å². The Labute approximate surface area is 107 Å². The van der Waals surface area contributed by atoms with Crippen LogP contribution in [-0.2, 0) is 16.8 Å². The molecular formula is C12H13BrFNO2. The second-order valence-electron chi connectivity index (χ2n) is 4.01. The van der Waals surface area contributed by atoms with Crippen LogP contribution in [0.15, 0.2) is 16.6 Å². The summed E-state index contributed by atoms with van der Waals surface area (Å²) in [5, 5.41) is 18.2. The highest BCUT2D eigenvalue weighted by molar-refractivity contribution is 9.10. The quantitative estimate of drug-likeness (QED) is 0.652. The highest BCUT2D eigenvalue weighted by Crippen LogP contribution is 2.40. The molecule has 92 valence electrons. The maximum atomic E-state index is 13.8. The Kier molecular flexibility index (Phi) is 3.23. The highest BCUT2D eigenvalue weighted by Gasteiger charge is 2.43. The van der Waals surface area contributed by atoms with E-state index in [1.807, 2.05) is 0 Å². The van der Waals surface area contributed by atoms with Gasteiger partial charge in [0, 0.05) is 0 Å². The molecule has 5 heteroatoms. The Morgan fingerprint density at radius 3 is 3.00 bits per heavy atom. The minimum absolute atomic E-state index is 0.208. The lowest BCUT2D eigenvalue weighted by molar-refractivity contribution is 0.0782. The Bertz CT molecular complexity index is 478. The zero-order chi connectivity index (χ0) is 12.6. The van der Waals surface area contributed by atoms with Crippen molar-refractivity contribution in [3.8, 4) is 0 Å². The van der Waals surface area contributed by atoms with E-state index in [4.69, 9.17) is 10.1 Å². The van der Waals surface area contributed by atoms with E-state index in [9.17, 15) is 9.50 Å². The van der Waals surface area contributed by atoms with Gasteiger partial charge in [-0.1, -0.05) is 6.07 Å². The van der Waals surface area contributed by atoms with Gasteiger partial charge in [-0.15, -0.1) is 0 Å². The van der Waals surface area contributed by atoms with Gasteiger partial charge in [0.15, 0.2) is 5.60 Å². The molecule has 0 radical (unpaired) electrons. The molecule has 1 atom stereocenters. The first kappa shape index (κ1) is 12.5. The van der Waals surface area contributed by atoms with Crippen molar-refractivity contribution in [1.82, 2.24) is 0 Å². The molecule has 1 unspecified atom stereocenters. The van der Waals surface area contributed by atoms with Gasteiger partial charge in [-0.3, -0.25) is 5.41 Å². The fraction of sp³-hybridized carbons (Fsp3) is 0.417. The molecule has 1 aromatic rings. The molecule has 1 aromatic carbocycles. The van der Waals surface area contributed by atoms with Crippen molar-refractivity contribution in [2.75, 3.05) is 6.61 Å². The summed E-state index contributed by atoms with van der Waals surface area (Å²) in [4.78, 5) is 0. The first-order chi connectivity index (χ1) is 8.00. The van der Waals surface area contributed by atoms with Gasteiger partial charge in [0.1, 0.15) is 5.82 Å². The SMILES string of the molecule is CCOC(=N)C1(O)CCc2c1ccc(Br)c2F. The van der Waals surface area contributed by atoms with Gasteiger partial charge >= 0.3 is 0 Å². The average molecular weight is 302 g/mol. The fourth-order valence-electron chi connectivity index (χ4n) is 2.16. The van der Waals surface area contributed by atoms with Crippen molar-refractivity contribution in [2.24, 2.45) is 0 Å². The average Bonchev–Trinajstić information content (AvgIpc) is 2.64. The van der Waals surface area contributed by atoms with E-state index in [-0.39, 0.29) is 18.1 Å². The number of fused-ring (bicyclic) bond motifs is 1. The third-order valence-electron chi connectivity index (χ3n) is 3.04. The van der Waals surface area contributed by atoms with Crippen LogP contribution < -0.4 is 0 Å². The van der Waals surface area contributed by atoms with Crippen molar-refractivity contribution >= 4 is 21.8 Å². The van der Waals surface area contributed by atoms with Gasteiger partial charge < -0.3 is 9.84 Å². The van der Waals surface area contributed by atoms with Gasteiger partial charge in [-0.05, 0) is 52.9 Å². The van der Waals surface area contributed by atoms with Crippen molar-refractivity contribution in [2.45, 2.75) is 25.4 Å². The van der Waals surface area contributed by atoms with E-state index in [1.165, 1.54) is 0 Å². The van der Waals surface area contributed by atoms with Crippen molar-refractivity contribution in [3.05, 3.63) is 33.5 Å². The Hall–Kier alpha value is -0.940. The molecular weight excluding hydrogens is 289 g/mol. The van der Waals surface area contributed by atoms with Gasteiger partial charge in [-0.2, -0.15) is 0 Å². The number of hydrogen-bond donors (Lipinski definition) is 2. The predicted molar refractivity (Wildman–Crippen MR) is 65.7 cm³/mol. The minimum Gasteiger partial charge on any atom is -0.479 e. The molecule has 0 fully saturated rings. The number of benzene rings is 1. The van der Waals surface area contributed by atoms with Crippen LogP contribution in [0.4, 0.5) is 4.39 Å². The topological polar surface area (TPSA) is 53.3 Å². The maximum absolute atomic E-state index is 13.8. The lowest BCUT2D eigenvalue weighted by Crippen LogP contribution is -2.34. The first-order valence-electron chi connectivity index (χ1n) is 5.42. The second-order valence-corrected chi connectivity index (χ2v) is 4.86. The van der Waals surface area contributed by atoms with E-state index in [2.05, 4.69) is 15.9 Å². The van der Waals surface area contributed by atoms with E-state index >= 15 is 0 Å². The van der Waals surface area contributed by atoms with E-state index in [0.717, 1.165) is 0 Å². The normalized spacial score (nSPS) is 22.4. The van der Waals surface area contributed by atoms with Gasteiger partial charge in [0.25, 0.3) is 0 Å². The minimum atomic E-state index is -1.48.